The summed E-state index contributed by atoms with van der Waals surface area (Å²) in [7, 11) is 0. The Morgan fingerprint density at radius 3 is 2.00 bits per heavy atom. The number of pyridine rings is 1. The summed E-state index contributed by atoms with van der Waals surface area (Å²) in [5.74, 6) is 0.826. The zero-order chi connectivity index (χ0) is 54.7. The predicted molar refractivity (Wildman–Crippen MR) is 259 cm³/mol. The normalized spacial score (nSPS) is 15.4. The summed E-state index contributed by atoms with van der Waals surface area (Å²) < 4.78 is 131. The molecule has 1 aliphatic rings. The van der Waals surface area contributed by atoms with Crippen molar-refractivity contribution < 1.29 is 45.0 Å². The van der Waals surface area contributed by atoms with Crippen molar-refractivity contribution in [3.05, 3.63) is 224 Å². The van der Waals surface area contributed by atoms with Crippen molar-refractivity contribution >= 4 is 44.6 Å². The van der Waals surface area contributed by atoms with Gasteiger partial charge in [-0.2, -0.15) is 12.1 Å². The molecule has 0 fully saturated rings. The molecule has 0 spiro atoms. The Balaban J connectivity index is 0.00000688. The topological polar surface area (TPSA) is 33.5 Å². The van der Waals surface area contributed by atoms with Crippen LogP contribution in [0.4, 0.5) is 22.7 Å². The molecule has 314 valence electrons. The zero-order valence-electron chi connectivity index (χ0n) is 48.6. The van der Waals surface area contributed by atoms with Crippen LogP contribution in [-0.4, -0.2) is 9.55 Å². The molecule has 0 saturated heterocycles. The molecule has 64 heavy (non-hydrogen) atoms. The fourth-order valence-electron chi connectivity index (χ4n) is 8.07. The van der Waals surface area contributed by atoms with Crippen LogP contribution in [0.15, 0.2) is 200 Å². The number of rotatable bonds is 8. The Morgan fingerprint density at radius 2 is 1.25 bits per heavy atom. The SMILES string of the molecule is [2H]c1cc(-c2cccc(-c3c([2H])c([2H])c([2H])c([2H])c3[2H])c2N2[CH-]N(c3[c-]c(Oc4[c-]c5c(cc4)c4ccccc4n5-c4cc(C(C)(C)C)ccn4)c(-c4c([2H])c([2H])c([2H])c([2H])c4[2H])cc3)c3ccccc32)c([2H])c([2H])c1[2H].[Pt]. The number of nitrogens with zero attached hydrogens (tertiary/aromatic N) is 4. The van der Waals surface area contributed by atoms with E-state index in [9.17, 15) is 0 Å². The molecule has 11 rings (SSSR count). The van der Waals surface area contributed by atoms with E-state index in [0.29, 0.717) is 28.4 Å². The number of anilines is 4. The van der Waals surface area contributed by atoms with Crippen LogP contribution in [0.3, 0.4) is 0 Å². The third-order valence-corrected chi connectivity index (χ3v) is 11.0. The van der Waals surface area contributed by atoms with Gasteiger partial charge in [-0.05, 0) is 57.8 Å². The molecule has 10 aromatic rings. The molecule has 3 heterocycles. The van der Waals surface area contributed by atoms with Crippen LogP contribution >= 0.6 is 0 Å². The molecular formula is C58H43N4OPt-3. The van der Waals surface area contributed by atoms with E-state index < -0.39 is 72.5 Å². The maximum Gasteiger partial charge on any atom is 0.135 e. The smallest absolute Gasteiger partial charge is 0.135 e. The summed E-state index contributed by atoms with van der Waals surface area (Å²) >= 11 is 0. The molecule has 2 aromatic heterocycles. The van der Waals surface area contributed by atoms with Crippen molar-refractivity contribution in [2.24, 2.45) is 0 Å². The van der Waals surface area contributed by atoms with E-state index >= 15 is 0 Å². The molecule has 0 radical (unpaired) electrons. The van der Waals surface area contributed by atoms with Crippen molar-refractivity contribution in [1.29, 1.82) is 0 Å². The zero-order valence-corrected chi connectivity index (χ0v) is 36.8. The van der Waals surface area contributed by atoms with Gasteiger partial charge in [-0.1, -0.05) is 177 Å². The second-order valence-corrected chi connectivity index (χ2v) is 15.9. The summed E-state index contributed by atoms with van der Waals surface area (Å²) in [6.45, 7) is 8.05. The van der Waals surface area contributed by atoms with Gasteiger partial charge in [0, 0.05) is 72.5 Å². The molecule has 0 atom stereocenters. The standard InChI is InChI=1S/C58H43N4O.Pt/c1-58(2,3)43-34-35-59-56(36-43)62-51-27-14-13-24-49(51)50-33-31-45(38-54(50)62)63-55-37-44(30-32-46(55)40-18-7-4-8-19-40)60-39-61(53-29-16-15-28-52(53)60)57-47(41-20-9-5-10-21-41)25-17-26-48(57)42-22-11-6-12-23-42;/h4-36,39H,1-3H3;/q-3;/i4D,5D,6D,7D,8D,9D,10D,11D,12D,18D,19D,20D,21D,22D;. The van der Waals surface area contributed by atoms with Gasteiger partial charge < -0.3 is 19.1 Å². The van der Waals surface area contributed by atoms with Crippen molar-refractivity contribution in [1.82, 2.24) is 9.55 Å². The van der Waals surface area contributed by atoms with Crippen molar-refractivity contribution in [2.75, 3.05) is 9.80 Å². The summed E-state index contributed by atoms with van der Waals surface area (Å²) in [6, 6.07) is 32.0. The van der Waals surface area contributed by atoms with Crippen LogP contribution in [0, 0.1) is 18.8 Å². The first-order valence-corrected chi connectivity index (χ1v) is 20.2. The monoisotopic (exact) mass is 1020 g/mol. The number of ether oxygens (including phenoxy) is 1. The van der Waals surface area contributed by atoms with Crippen molar-refractivity contribution in [2.45, 2.75) is 26.2 Å². The van der Waals surface area contributed by atoms with Crippen LogP contribution in [0.5, 0.6) is 11.5 Å². The second kappa shape index (κ2) is 16.8. The summed E-state index contributed by atoms with van der Waals surface area (Å²) in [4.78, 5) is 8.26. The van der Waals surface area contributed by atoms with E-state index in [0.717, 1.165) is 21.9 Å². The minimum atomic E-state index is -0.591. The fraction of sp³-hybridized carbons (Fsp3) is 0.0690. The van der Waals surface area contributed by atoms with Crippen LogP contribution < -0.4 is 14.5 Å². The third kappa shape index (κ3) is 7.36. The average Bonchev–Trinajstić information content (AvgIpc) is 3.99. The Kier molecular flexibility index (Phi) is 7.30. The molecule has 0 amide bonds. The van der Waals surface area contributed by atoms with Gasteiger partial charge in [0.1, 0.15) is 5.82 Å². The fourth-order valence-corrected chi connectivity index (χ4v) is 8.07. The van der Waals surface area contributed by atoms with Gasteiger partial charge in [-0.15, -0.1) is 42.0 Å². The van der Waals surface area contributed by atoms with E-state index in [1.165, 1.54) is 6.07 Å². The quantitative estimate of drug-likeness (QED) is 0.142. The largest absolute Gasteiger partial charge is 0.509 e. The van der Waals surface area contributed by atoms with Gasteiger partial charge in [0.15, 0.2) is 0 Å². The molecule has 0 saturated carbocycles. The Hall–Kier alpha value is -7.20. The summed E-state index contributed by atoms with van der Waals surface area (Å²) in [6.07, 6.45) is 1.77. The van der Waals surface area contributed by atoms with Gasteiger partial charge in [0.2, 0.25) is 0 Å². The van der Waals surface area contributed by atoms with Crippen LogP contribution in [0.2, 0.25) is 0 Å². The number of hydrogen-bond acceptors (Lipinski definition) is 4. The van der Waals surface area contributed by atoms with Crippen LogP contribution in [-0.2, 0) is 26.5 Å². The minimum absolute atomic E-state index is 0. The second-order valence-electron chi connectivity index (χ2n) is 15.9. The Labute approximate surface area is 408 Å². The van der Waals surface area contributed by atoms with Gasteiger partial charge in [-0.3, -0.25) is 0 Å². The third-order valence-electron chi connectivity index (χ3n) is 11.0. The van der Waals surface area contributed by atoms with Gasteiger partial charge in [0.25, 0.3) is 0 Å². The van der Waals surface area contributed by atoms with Gasteiger partial charge in [-0.25, -0.2) is 4.98 Å². The average molecular weight is 1020 g/mol. The first-order chi connectivity index (χ1) is 36.7. The Morgan fingerprint density at radius 1 is 0.594 bits per heavy atom. The summed E-state index contributed by atoms with van der Waals surface area (Å²) in [5, 5.41) is 1.80. The molecule has 0 unspecified atom stereocenters. The number of hydrogen-bond donors (Lipinski definition) is 0. The number of benzene rings is 8. The maximum atomic E-state index is 9.09. The minimum Gasteiger partial charge on any atom is -0.509 e. The van der Waals surface area contributed by atoms with Crippen molar-refractivity contribution in [3.8, 4) is 50.7 Å². The molecule has 5 nitrogen and oxygen atoms in total. The molecular weight excluding hydrogens is 964 g/mol. The van der Waals surface area contributed by atoms with E-state index in [2.05, 4.69) is 32.9 Å². The molecule has 1 aliphatic heterocycles. The molecule has 0 aliphatic carbocycles. The molecule has 8 aromatic carbocycles. The van der Waals surface area contributed by atoms with Gasteiger partial charge in [0.05, 0.1) is 19.2 Å². The molecule has 0 N–H and O–H groups in total. The van der Waals surface area contributed by atoms with E-state index in [4.69, 9.17) is 28.9 Å². The predicted octanol–water partition coefficient (Wildman–Crippen LogP) is 15.3. The number of para-hydroxylation sites is 4. The number of fused-ring (bicyclic) bond motifs is 4. The van der Waals surface area contributed by atoms with E-state index in [-0.39, 0.29) is 89.1 Å². The van der Waals surface area contributed by atoms with E-state index in [1.807, 2.05) is 53.1 Å². The first kappa shape index (κ1) is 27.8. The number of aromatic nitrogens is 2. The Bertz CT molecular complexity index is 4080. The van der Waals surface area contributed by atoms with Crippen molar-refractivity contribution in [3.63, 3.8) is 0 Å². The van der Waals surface area contributed by atoms with Crippen LogP contribution in [0.1, 0.15) is 45.5 Å². The summed E-state index contributed by atoms with van der Waals surface area (Å²) in [5.41, 5.74) is 4.33. The van der Waals surface area contributed by atoms with Gasteiger partial charge >= 0.3 is 0 Å². The molecule has 6 heteroatoms. The maximum absolute atomic E-state index is 9.09. The van der Waals surface area contributed by atoms with E-state index in [1.54, 1.807) is 77.3 Å². The molecule has 0 bridgehead atoms. The first-order valence-electron chi connectivity index (χ1n) is 27.2. The van der Waals surface area contributed by atoms with Crippen LogP contribution in [0.25, 0.3) is 61.0 Å².